The van der Waals surface area contributed by atoms with Gasteiger partial charge in [0.15, 0.2) is 11.5 Å². The number of nitrogens with zero attached hydrogens (tertiary/aromatic N) is 3. The van der Waals surface area contributed by atoms with Crippen molar-refractivity contribution in [3.8, 4) is 0 Å². The van der Waals surface area contributed by atoms with Gasteiger partial charge in [-0.25, -0.2) is 0 Å². The first-order chi connectivity index (χ1) is 11.1. The number of aromatic nitrogens is 2. The van der Waals surface area contributed by atoms with Crippen molar-refractivity contribution in [1.82, 2.24) is 15.5 Å². The number of rotatable bonds is 4. The van der Waals surface area contributed by atoms with Gasteiger partial charge in [-0.2, -0.15) is 0 Å². The molecule has 2 heterocycles. The van der Waals surface area contributed by atoms with Crippen molar-refractivity contribution in [3.63, 3.8) is 0 Å². The average molecular weight is 310 g/mol. The number of carbonyl (C=O) groups excluding carboxylic acids is 1. The van der Waals surface area contributed by atoms with E-state index < -0.39 is 0 Å². The van der Waals surface area contributed by atoms with Crippen molar-refractivity contribution in [2.24, 2.45) is 0 Å². The van der Waals surface area contributed by atoms with Crippen molar-refractivity contribution in [2.45, 2.75) is 45.7 Å². The van der Waals surface area contributed by atoms with Crippen LogP contribution in [0.2, 0.25) is 0 Å². The molecule has 5 nitrogen and oxygen atoms in total. The maximum Gasteiger partial charge on any atom is 0.272 e. The van der Waals surface area contributed by atoms with E-state index in [0.29, 0.717) is 11.7 Å². The number of carbonyl (C=O) groups is 1. The number of amides is 1. The van der Waals surface area contributed by atoms with Crippen LogP contribution in [-0.4, -0.2) is 28.2 Å². The fraction of sp³-hybridized carbons (Fsp3) is 0.389. The van der Waals surface area contributed by atoms with Crippen LogP contribution in [0.4, 0.5) is 11.5 Å². The minimum atomic E-state index is -0.173. The molecular formula is C18H22N4O. The van der Waals surface area contributed by atoms with E-state index in [-0.39, 0.29) is 11.9 Å². The van der Waals surface area contributed by atoms with Crippen LogP contribution in [0.5, 0.6) is 0 Å². The van der Waals surface area contributed by atoms with Crippen LogP contribution in [0, 0.1) is 0 Å². The van der Waals surface area contributed by atoms with Crippen molar-refractivity contribution in [3.05, 3.63) is 47.7 Å². The van der Waals surface area contributed by atoms with Crippen LogP contribution in [0.1, 0.15) is 43.2 Å². The highest BCUT2D eigenvalue weighted by molar-refractivity contribution is 5.92. The molecule has 1 aliphatic rings. The van der Waals surface area contributed by atoms with Crippen LogP contribution in [-0.2, 0) is 6.42 Å². The third-order valence-electron chi connectivity index (χ3n) is 4.33. The Kier molecular flexibility index (Phi) is 4.28. The standard InChI is InChI=1S/C18H22N4O/c1-4-12(2)19-18(23)15-9-10-17(21-20-15)22-13(3)11-14-7-5-6-8-16(14)22/h5-10,12-13H,4,11H2,1-3H3,(H,19,23). The zero-order valence-corrected chi connectivity index (χ0v) is 13.8. The van der Waals surface area contributed by atoms with E-state index in [9.17, 15) is 4.79 Å². The fourth-order valence-corrected chi connectivity index (χ4v) is 2.89. The number of para-hydroxylation sites is 1. The van der Waals surface area contributed by atoms with Crippen molar-refractivity contribution >= 4 is 17.4 Å². The molecule has 2 aromatic rings. The smallest absolute Gasteiger partial charge is 0.272 e. The molecule has 0 saturated carbocycles. The van der Waals surface area contributed by atoms with E-state index >= 15 is 0 Å². The maximum atomic E-state index is 12.1. The topological polar surface area (TPSA) is 58.1 Å². The second-order valence-electron chi connectivity index (χ2n) is 6.11. The first kappa shape index (κ1) is 15.5. The molecule has 0 fully saturated rings. The van der Waals surface area contributed by atoms with Crippen molar-refractivity contribution < 1.29 is 4.79 Å². The summed E-state index contributed by atoms with van der Waals surface area (Å²) < 4.78 is 0. The van der Waals surface area contributed by atoms with Gasteiger partial charge < -0.3 is 10.2 Å². The van der Waals surface area contributed by atoms with E-state index in [1.165, 1.54) is 11.3 Å². The normalized spacial score (nSPS) is 17.7. The lowest BCUT2D eigenvalue weighted by molar-refractivity contribution is 0.0933. The summed E-state index contributed by atoms with van der Waals surface area (Å²) in [4.78, 5) is 14.3. The van der Waals surface area contributed by atoms with Gasteiger partial charge in [0.05, 0.1) is 0 Å². The number of fused-ring (bicyclic) bond motifs is 1. The summed E-state index contributed by atoms with van der Waals surface area (Å²) in [7, 11) is 0. The number of hydrogen-bond acceptors (Lipinski definition) is 4. The summed E-state index contributed by atoms with van der Waals surface area (Å²) in [5.74, 6) is 0.607. The molecule has 5 heteroatoms. The van der Waals surface area contributed by atoms with Gasteiger partial charge in [0.25, 0.3) is 5.91 Å². The Morgan fingerprint density at radius 1 is 1.30 bits per heavy atom. The molecule has 2 unspecified atom stereocenters. The van der Waals surface area contributed by atoms with Crippen LogP contribution >= 0.6 is 0 Å². The molecule has 1 aromatic heterocycles. The fourth-order valence-electron chi connectivity index (χ4n) is 2.89. The zero-order valence-electron chi connectivity index (χ0n) is 13.8. The van der Waals surface area contributed by atoms with Gasteiger partial charge >= 0.3 is 0 Å². The Morgan fingerprint density at radius 3 is 2.78 bits per heavy atom. The predicted octanol–water partition coefficient (Wildman–Crippen LogP) is 3.09. The number of nitrogens with one attached hydrogen (secondary N) is 1. The van der Waals surface area contributed by atoms with Gasteiger partial charge in [-0.3, -0.25) is 4.79 Å². The molecule has 1 aliphatic heterocycles. The molecule has 0 radical (unpaired) electrons. The Hall–Kier alpha value is -2.43. The average Bonchev–Trinajstić information content (AvgIpc) is 2.90. The SMILES string of the molecule is CCC(C)NC(=O)c1ccc(N2c3ccccc3CC2C)nn1. The third kappa shape index (κ3) is 3.04. The molecule has 23 heavy (non-hydrogen) atoms. The maximum absolute atomic E-state index is 12.1. The van der Waals surface area contributed by atoms with Gasteiger partial charge in [0.2, 0.25) is 0 Å². The Morgan fingerprint density at radius 2 is 2.09 bits per heavy atom. The molecule has 0 aliphatic carbocycles. The van der Waals surface area contributed by atoms with E-state index in [1.807, 2.05) is 26.0 Å². The van der Waals surface area contributed by atoms with Gasteiger partial charge in [-0.1, -0.05) is 25.1 Å². The molecule has 1 aromatic carbocycles. The van der Waals surface area contributed by atoms with Crippen LogP contribution in [0.3, 0.4) is 0 Å². The first-order valence-electron chi connectivity index (χ1n) is 8.12. The first-order valence-corrected chi connectivity index (χ1v) is 8.12. The minimum absolute atomic E-state index is 0.134. The van der Waals surface area contributed by atoms with E-state index in [0.717, 1.165) is 18.7 Å². The Bertz CT molecular complexity index is 698. The minimum Gasteiger partial charge on any atom is -0.348 e. The number of benzene rings is 1. The summed E-state index contributed by atoms with van der Waals surface area (Å²) in [6, 6.07) is 12.4. The number of hydrogen-bond donors (Lipinski definition) is 1. The lowest BCUT2D eigenvalue weighted by Crippen LogP contribution is -2.33. The predicted molar refractivity (Wildman–Crippen MR) is 91.0 cm³/mol. The molecule has 3 rings (SSSR count). The summed E-state index contributed by atoms with van der Waals surface area (Å²) in [6.07, 6.45) is 1.88. The van der Waals surface area contributed by atoms with E-state index in [4.69, 9.17) is 0 Å². The van der Waals surface area contributed by atoms with E-state index in [2.05, 4.69) is 45.5 Å². The highest BCUT2D eigenvalue weighted by Crippen LogP contribution is 2.36. The quantitative estimate of drug-likeness (QED) is 0.943. The highest BCUT2D eigenvalue weighted by Gasteiger charge is 2.28. The largest absolute Gasteiger partial charge is 0.348 e. The monoisotopic (exact) mass is 310 g/mol. The molecule has 2 atom stereocenters. The lowest BCUT2D eigenvalue weighted by Gasteiger charge is -2.23. The third-order valence-corrected chi connectivity index (χ3v) is 4.33. The highest BCUT2D eigenvalue weighted by atomic mass is 16.2. The van der Waals surface area contributed by atoms with Gasteiger partial charge in [0, 0.05) is 17.8 Å². The Balaban J connectivity index is 1.82. The zero-order chi connectivity index (χ0) is 16.4. The van der Waals surface area contributed by atoms with Crippen molar-refractivity contribution in [1.29, 1.82) is 0 Å². The summed E-state index contributed by atoms with van der Waals surface area (Å²) in [5, 5.41) is 11.3. The lowest BCUT2D eigenvalue weighted by atomic mass is 10.1. The second kappa shape index (κ2) is 6.36. The second-order valence-corrected chi connectivity index (χ2v) is 6.11. The van der Waals surface area contributed by atoms with Gasteiger partial charge in [-0.05, 0) is 50.5 Å². The molecule has 0 saturated heterocycles. The molecule has 1 N–H and O–H groups in total. The summed E-state index contributed by atoms with van der Waals surface area (Å²) >= 11 is 0. The summed E-state index contributed by atoms with van der Waals surface area (Å²) in [5.41, 5.74) is 2.85. The van der Waals surface area contributed by atoms with Gasteiger partial charge in [0.1, 0.15) is 0 Å². The van der Waals surface area contributed by atoms with Crippen LogP contribution < -0.4 is 10.2 Å². The summed E-state index contributed by atoms with van der Waals surface area (Å²) in [6.45, 7) is 6.18. The van der Waals surface area contributed by atoms with Crippen molar-refractivity contribution in [2.75, 3.05) is 4.90 Å². The molecule has 0 bridgehead atoms. The molecule has 120 valence electrons. The van der Waals surface area contributed by atoms with E-state index in [1.54, 1.807) is 6.07 Å². The molecule has 0 spiro atoms. The van der Waals surface area contributed by atoms with Crippen LogP contribution in [0.25, 0.3) is 0 Å². The molecular weight excluding hydrogens is 288 g/mol. The van der Waals surface area contributed by atoms with Crippen LogP contribution in [0.15, 0.2) is 36.4 Å². The van der Waals surface area contributed by atoms with Gasteiger partial charge in [-0.15, -0.1) is 10.2 Å². The molecule has 1 amide bonds. The Labute approximate surface area is 136 Å². The number of anilines is 2.